The lowest BCUT2D eigenvalue weighted by molar-refractivity contribution is 0.0698. The van der Waals surface area contributed by atoms with E-state index in [2.05, 4.69) is 17.6 Å². The van der Waals surface area contributed by atoms with Crippen molar-refractivity contribution in [3.8, 4) is 11.1 Å². The molecule has 178 valence electrons. The van der Waals surface area contributed by atoms with Crippen LogP contribution in [0.15, 0.2) is 72.8 Å². The molecule has 6 nitrogen and oxygen atoms in total. The second kappa shape index (κ2) is 12.4. The zero-order valence-corrected chi connectivity index (χ0v) is 19.9. The fourth-order valence-electron chi connectivity index (χ4n) is 3.73. The first-order chi connectivity index (χ1) is 16.5. The van der Waals surface area contributed by atoms with Gasteiger partial charge in [0.05, 0.1) is 11.3 Å². The third-order valence-electron chi connectivity index (χ3n) is 5.75. The molecule has 0 aliphatic carbocycles. The minimum Gasteiger partial charge on any atom is -0.478 e. The smallest absolute Gasteiger partial charge is 0.337 e. The summed E-state index contributed by atoms with van der Waals surface area (Å²) in [5.74, 6) is -0.971. The number of carboxylic acids is 1. The van der Waals surface area contributed by atoms with Crippen LogP contribution in [0.25, 0.3) is 11.1 Å². The topological polar surface area (TPSA) is 81.7 Å². The van der Waals surface area contributed by atoms with Gasteiger partial charge in [-0.25, -0.2) is 9.59 Å². The molecule has 34 heavy (non-hydrogen) atoms. The van der Waals surface area contributed by atoms with Crippen LogP contribution in [0.1, 0.15) is 49.4 Å². The van der Waals surface area contributed by atoms with E-state index in [4.69, 9.17) is 0 Å². The van der Waals surface area contributed by atoms with E-state index in [1.165, 1.54) is 19.3 Å². The number of hydrogen-bond donors (Lipinski definition) is 3. The fourth-order valence-corrected chi connectivity index (χ4v) is 3.73. The number of carbonyl (C=O) groups excluding carboxylic acids is 1. The normalized spacial score (nSPS) is 10.5. The quantitative estimate of drug-likeness (QED) is 0.272. The fraction of sp³-hybridized carbons (Fsp3) is 0.286. The summed E-state index contributed by atoms with van der Waals surface area (Å²) in [5.41, 5.74) is 4.38. The van der Waals surface area contributed by atoms with Crippen LogP contribution in [0.4, 0.5) is 21.9 Å². The minimum atomic E-state index is -0.971. The molecule has 2 amide bonds. The summed E-state index contributed by atoms with van der Waals surface area (Å²) in [6, 6.07) is 22.3. The standard InChI is InChI=1S/C28H33N3O3/c1-3-4-5-6-9-19-29-28(34)31(2)24-12-10-11-22(20-24)21-15-17-23(18-16-21)30-26-14-8-7-13-25(26)27(32)33/h7-8,10-18,20,30H,3-6,9,19H2,1-2H3,(H,29,34)(H,32,33). The van der Waals surface area contributed by atoms with Crippen molar-refractivity contribution in [1.29, 1.82) is 0 Å². The Morgan fingerprint density at radius 2 is 1.59 bits per heavy atom. The number of anilines is 3. The van der Waals surface area contributed by atoms with Gasteiger partial charge in [-0.15, -0.1) is 0 Å². The molecule has 0 spiro atoms. The molecular formula is C28H33N3O3. The van der Waals surface area contributed by atoms with Crippen molar-refractivity contribution in [3.63, 3.8) is 0 Å². The molecule has 0 heterocycles. The number of rotatable bonds is 11. The number of benzene rings is 3. The van der Waals surface area contributed by atoms with Gasteiger partial charge in [-0.05, 0) is 53.9 Å². The Hall–Kier alpha value is -3.80. The van der Waals surface area contributed by atoms with Gasteiger partial charge in [-0.1, -0.05) is 69.0 Å². The van der Waals surface area contributed by atoms with Gasteiger partial charge in [0.2, 0.25) is 0 Å². The van der Waals surface area contributed by atoms with Crippen molar-refractivity contribution in [2.75, 3.05) is 23.8 Å². The predicted molar refractivity (Wildman–Crippen MR) is 139 cm³/mol. The number of nitrogens with one attached hydrogen (secondary N) is 2. The van der Waals surface area contributed by atoms with E-state index < -0.39 is 5.97 Å². The predicted octanol–water partition coefficient (Wildman–Crippen LogP) is 6.91. The maximum atomic E-state index is 12.5. The number of hydrogen-bond acceptors (Lipinski definition) is 3. The number of carbonyl (C=O) groups is 2. The van der Waals surface area contributed by atoms with Crippen LogP contribution in [0.3, 0.4) is 0 Å². The lowest BCUT2D eigenvalue weighted by Crippen LogP contribution is -2.37. The molecule has 0 atom stereocenters. The Morgan fingerprint density at radius 1 is 0.853 bits per heavy atom. The van der Waals surface area contributed by atoms with Crippen LogP contribution in [0, 0.1) is 0 Å². The Labute approximate surface area is 201 Å². The van der Waals surface area contributed by atoms with E-state index in [0.29, 0.717) is 12.2 Å². The van der Waals surface area contributed by atoms with E-state index in [1.807, 2.05) is 48.5 Å². The van der Waals surface area contributed by atoms with Crippen molar-refractivity contribution in [2.24, 2.45) is 0 Å². The van der Waals surface area contributed by atoms with Gasteiger partial charge >= 0.3 is 12.0 Å². The average molecular weight is 460 g/mol. The minimum absolute atomic E-state index is 0.107. The highest BCUT2D eigenvalue weighted by atomic mass is 16.4. The highest BCUT2D eigenvalue weighted by molar-refractivity contribution is 5.95. The summed E-state index contributed by atoms with van der Waals surface area (Å²) >= 11 is 0. The Kier molecular flexibility index (Phi) is 9.09. The number of para-hydroxylation sites is 1. The molecule has 0 saturated carbocycles. The van der Waals surface area contributed by atoms with Gasteiger partial charge in [0.1, 0.15) is 0 Å². The Morgan fingerprint density at radius 3 is 2.32 bits per heavy atom. The second-order valence-corrected chi connectivity index (χ2v) is 8.31. The number of aromatic carboxylic acids is 1. The van der Waals surface area contributed by atoms with Crippen molar-refractivity contribution < 1.29 is 14.7 Å². The van der Waals surface area contributed by atoms with Gasteiger partial charge in [0.25, 0.3) is 0 Å². The molecule has 3 aromatic carbocycles. The number of amides is 2. The summed E-state index contributed by atoms with van der Waals surface area (Å²) < 4.78 is 0. The van der Waals surface area contributed by atoms with Gasteiger partial charge in [0.15, 0.2) is 0 Å². The van der Waals surface area contributed by atoms with E-state index in [9.17, 15) is 14.7 Å². The molecular weight excluding hydrogens is 426 g/mol. The molecule has 3 rings (SSSR count). The first-order valence-electron chi connectivity index (χ1n) is 11.8. The van der Waals surface area contributed by atoms with Crippen LogP contribution in [-0.4, -0.2) is 30.7 Å². The lowest BCUT2D eigenvalue weighted by atomic mass is 10.0. The summed E-state index contributed by atoms with van der Waals surface area (Å²) in [6.07, 6.45) is 5.80. The highest BCUT2D eigenvalue weighted by Gasteiger charge is 2.12. The van der Waals surface area contributed by atoms with Crippen LogP contribution in [0.2, 0.25) is 0 Å². The monoisotopic (exact) mass is 459 g/mol. The zero-order valence-electron chi connectivity index (χ0n) is 19.9. The molecule has 3 aromatic rings. The number of carboxylic acid groups (broad SMARTS) is 1. The average Bonchev–Trinajstić information content (AvgIpc) is 2.86. The second-order valence-electron chi connectivity index (χ2n) is 8.31. The first-order valence-corrected chi connectivity index (χ1v) is 11.8. The van der Waals surface area contributed by atoms with Crippen molar-refractivity contribution in [2.45, 2.75) is 39.0 Å². The van der Waals surface area contributed by atoms with Gasteiger partial charge < -0.3 is 15.7 Å². The molecule has 0 bridgehead atoms. The molecule has 3 N–H and O–H groups in total. The SMILES string of the molecule is CCCCCCCNC(=O)N(C)c1cccc(-c2ccc(Nc3ccccc3C(=O)O)cc2)c1. The number of urea groups is 1. The van der Waals surface area contributed by atoms with E-state index >= 15 is 0 Å². The maximum Gasteiger partial charge on any atom is 0.337 e. The molecule has 0 unspecified atom stereocenters. The molecule has 0 saturated heterocycles. The van der Waals surface area contributed by atoms with Crippen LogP contribution in [-0.2, 0) is 0 Å². The summed E-state index contributed by atoms with van der Waals surface area (Å²) in [6.45, 7) is 2.88. The van der Waals surface area contributed by atoms with E-state index in [-0.39, 0.29) is 11.6 Å². The van der Waals surface area contributed by atoms with Crippen molar-refractivity contribution in [3.05, 3.63) is 78.4 Å². The largest absolute Gasteiger partial charge is 0.478 e. The Balaban J connectivity index is 1.63. The van der Waals surface area contributed by atoms with Gasteiger partial charge in [-0.2, -0.15) is 0 Å². The van der Waals surface area contributed by atoms with E-state index in [1.54, 1.807) is 36.2 Å². The Bertz CT molecular complexity index is 1100. The molecule has 0 aliphatic heterocycles. The lowest BCUT2D eigenvalue weighted by Gasteiger charge is -2.19. The molecule has 0 radical (unpaired) electrons. The summed E-state index contributed by atoms with van der Waals surface area (Å²) in [7, 11) is 1.78. The molecule has 6 heteroatoms. The molecule has 0 fully saturated rings. The van der Waals surface area contributed by atoms with Crippen LogP contribution >= 0.6 is 0 Å². The number of unbranched alkanes of at least 4 members (excludes halogenated alkanes) is 4. The van der Waals surface area contributed by atoms with Crippen LogP contribution in [0.5, 0.6) is 0 Å². The third kappa shape index (κ3) is 6.85. The maximum absolute atomic E-state index is 12.5. The van der Waals surface area contributed by atoms with Crippen molar-refractivity contribution in [1.82, 2.24) is 5.32 Å². The van der Waals surface area contributed by atoms with Crippen molar-refractivity contribution >= 4 is 29.1 Å². The van der Waals surface area contributed by atoms with Crippen LogP contribution < -0.4 is 15.5 Å². The summed E-state index contributed by atoms with van der Waals surface area (Å²) in [5, 5.41) is 15.5. The third-order valence-corrected chi connectivity index (χ3v) is 5.75. The molecule has 0 aromatic heterocycles. The zero-order chi connectivity index (χ0) is 24.3. The van der Waals surface area contributed by atoms with E-state index in [0.717, 1.165) is 35.3 Å². The summed E-state index contributed by atoms with van der Waals surface area (Å²) in [4.78, 5) is 25.6. The van der Waals surface area contributed by atoms with Gasteiger partial charge in [0, 0.05) is 25.0 Å². The van der Waals surface area contributed by atoms with Gasteiger partial charge in [-0.3, -0.25) is 4.90 Å². The number of nitrogens with zero attached hydrogens (tertiary/aromatic N) is 1. The highest BCUT2D eigenvalue weighted by Crippen LogP contribution is 2.27. The first kappa shape index (κ1) is 24.8. The molecule has 0 aliphatic rings.